The van der Waals surface area contributed by atoms with E-state index in [1.54, 1.807) is 23.6 Å². The molecule has 10 heteroatoms. The monoisotopic (exact) mass is 528 g/mol. The van der Waals surface area contributed by atoms with Crippen molar-refractivity contribution in [3.63, 3.8) is 0 Å². The number of benzene rings is 1. The van der Waals surface area contributed by atoms with E-state index in [0.29, 0.717) is 40.6 Å². The lowest BCUT2D eigenvalue weighted by Gasteiger charge is -2.17. The molecule has 4 heterocycles. The number of halogens is 2. The van der Waals surface area contributed by atoms with E-state index in [2.05, 4.69) is 39.0 Å². The van der Waals surface area contributed by atoms with Crippen molar-refractivity contribution in [1.29, 1.82) is 0 Å². The molecule has 0 fully saturated rings. The molecule has 38 heavy (non-hydrogen) atoms. The fourth-order valence-electron chi connectivity index (χ4n) is 4.76. The highest BCUT2D eigenvalue weighted by Crippen LogP contribution is 2.37. The molecular formula is C28H22F2N6OS. The van der Waals surface area contributed by atoms with Gasteiger partial charge in [-0.05, 0) is 60.4 Å². The number of pyridine rings is 1. The molecular weight excluding hydrogens is 506 g/mol. The molecule has 1 aromatic carbocycles. The molecule has 1 aliphatic carbocycles. The zero-order valence-corrected chi connectivity index (χ0v) is 21.0. The van der Waals surface area contributed by atoms with Gasteiger partial charge in [0.15, 0.2) is 11.6 Å². The Morgan fingerprint density at radius 2 is 1.95 bits per heavy atom. The Labute approximate surface area is 221 Å². The third-order valence-electron chi connectivity index (χ3n) is 6.73. The minimum atomic E-state index is -0.957. The molecule has 6 rings (SSSR count). The SMILES string of the molecule is C=C1c2ccnc(NCc3ccc(C4=Cc5c(N)ncnc5CC4)s3)c2C(=O)N1Cc1ccc(F)c(F)c1. The number of aryl methyl sites for hydroxylation is 1. The number of fused-ring (bicyclic) bond motifs is 2. The number of anilines is 2. The van der Waals surface area contributed by atoms with Crippen molar-refractivity contribution in [1.82, 2.24) is 19.9 Å². The van der Waals surface area contributed by atoms with Gasteiger partial charge in [0, 0.05) is 32.8 Å². The van der Waals surface area contributed by atoms with Crippen LogP contribution in [0.1, 0.15) is 48.9 Å². The maximum Gasteiger partial charge on any atom is 0.263 e. The first-order valence-electron chi connectivity index (χ1n) is 12.0. The summed E-state index contributed by atoms with van der Waals surface area (Å²) in [5.74, 6) is -1.24. The lowest BCUT2D eigenvalue weighted by molar-refractivity contribution is 0.0843. The van der Waals surface area contributed by atoms with Gasteiger partial charge in [0.25, 0.3) is 5.91 Å². The summed E-state index contributed by atoms with van der Waals surface area (Å²) in [5.41, 5.74) is 11.1. The lowest BCUT2D eigenvalue weighted by Crippen LogP contribution is -2.23. The fraction of sp³-hybridized carbons (Fsp3) is 0.143. The van der Waals surface area contributed by atoms with Crippen molar-refractivity contribution in [2.24, 2.45) is 0 Å². The summed E-state index contributed by atoms with van der Waals surface area (Å²) in [4.78, 5) is 29.8. The maximum atomic E-state index is 13.7. The molecule has 0 saturated carbocycles. The Kier molecular flexibility index (Phi) is 5.96. The van der Waals surface area contributed by atoms with E-state index in [-0.39, 0.29) is 12.5 Å². The molecule has 0 unspecified atom stereocenters. The van der Waals surface area contributed by atoms with Gasteiger partial charge < -0.3 is 16.0 Å². The number of hydrogen-bond acceptors (Lipinski definition) is 7. The number of aromatic nitrogens is 3. The first-order valence-corrected chi connectivity index (χ1v) is 12.8. The normalized spacial score (nSPS) is 14.4. The Hall–Kier alpha value is -4.44. The number of rotatable bonds is 6. The van der Waals surface area contributed by atoms with E-state index in [1.807, 2.05) is 6.07 Å². The quantitative estimate of drug-likeness (QED) is 0.342. The third-order valence-corrected chi connectivity index (χ3v) is 7.89. The summed E-state index contributed by atoms with van der Waals surface area (Å²) in [6, 6.07) is 9.46. The molecule has 0 bridgehead atoms. The standard InChI is InChI=1S/C28H22F2N6OS/c1-15-19-8-9-32-27(25(19)28(37)36(15)13-16-2-5-21(29)22(30)10-16)33-12-18-4-7-24(38-18)17-3-6-23-20(11-17)26(31)35-14-34-23/h2,4-5,7-11,14H,1,3,6,12-13H2,(H,32,33)(H2,31,34,35). The fourth-order valence-corrected chi connectivity index (χ4v) is 5.75. The van der Waals surface area contributed by atoms with Gasteiger partial charge in [-0.3, -0.25) is 4.79 Å². The molecule has 2 aliphatic rings. The largest absolute Gasteiger partial charge is 0.383 e. The van der Waals surface area contributed by atoms with Crippen LogP contribution in [0.15, 0.2) is 55.5 Å². The highest BCUT2D eigenvalue weighted by molar-refractivity contribution is 7.13. The number of nitrogens with one attached hydrogen (secondary N) is 1. The van der Waals surface area contributed by atoms with E-state index in [4.69, 9.17) is 5.73 Å². The number of thiophene rings is 1. The van der Waals surface area contributed by atoms with Crippen LogP contribution in [0, 0.1) is 11.6 Å². The summed E-state index contributed by atoms with van der Waals surface area (Å²) >= 11 is 1.66. The van der Waals surface area contributed by atoms with E-state index in [0.717, 1.165) is 46.0 Å². The third kappa shape index (κ3) is 4.22. The molecule has 3 N–H and O–H groups in total. The van der Waals surface area contributed by atoms with Crippen LogP contribution in [0.25, 0.3) is 17.3 Å². The van der Waals surface area contributed by atoms with Crippen molar-refractivity contribution in [2.45, 2.75) is 25.9 Å². The van der Waals surface area contributed by atoms with Gasteiger partial charge in [-0.2, -0.15) is 0 Å². The number of nitrogens with two attached hydrogens (primary N) is 1. The maximum absolute atomic E-state index is 13.7. The second-order valence-corrected chi connectivity index (χ2v) is 10.2. The van der Waals surface area contributed by atoms with Gasteiger partial charge in [0.2, 0.25) is 0 Å². The molecule has 4 aromatic rings. The van der Waals surface area contributed by atoms with E-state index in [1.165, 1.54) is 22.9 Å². The van der Waals surface area contributed by atoms with Crippen molar-refractivity contribution in [3.8, 4) is 0 Å². The van der Waals surface area contributed by atoms with E-state index < -0.39 is 11.6 Å². The molecule has 0 saturated heterocycles. The van der Waals surface area contributed by atoms with Crippen LogP contribution in [0.5, 0.6) is 0 Å². The van der Waals surface area contributed by atoms with E-state index in [9.17, 15) is 13.6 Å². The van der Waals surface area contributed by atoms with Gasteiger partial charge >= 0.3 is 0 Å². The molecule has 0 spiro atoms. The molecule has 3 aromatic heterocycles. The Morgan fingerprint density at radius 3 is 2.79 bits per heavy atom. The summed E-state index contributed by atoms with van der Waals surface area (Å²) < 4.78 is 27.0. The second-order valence-electron chi connectivity index (χ2n) is 9.08. The van der Waals surface area contributed by atoms with Crippen LogP contribution in [-0.4, -0.2) is 25.8 Å². The smallest absolute Gasteiger partial charge is 0.263 e. The van der Waals surface area contributed by atoms with Crippen LogP contribution in [0.4, 0.5) is 20.4 Å². The van der Waals surface area contributed by atoms with Crippen LogP contribution < -0.4 is 11.1 Å². The van der Waals surface area contributed by atoms with Crippen molar-refractivity contribution in [3.05, 3.63) is 105 Å². The first kappa shape index (κ1) is 23.9. The highest BCUT2D eigenvalue weighted by Gasteiger charge is 2.34. The predicted octanol–water partition coefficient (Wildman–Crippen LogP) is 5.52. The average molecular weight is 529 g/mol. The number of nitrogen functional groups attached to an aromatic ring is 1. The molecule has 1 aliphatic heterocycles. The first-order chi connectivity index (χ1) is 18.4. The van der Waals surface area contributed by atoms with Crippen LogP contribution >= 0.6 is 11.3 Å². The minimum Gasteiger partial charge on any atom is -0.383 e. The average Bonchev–Trinajstić information content (AvgIpc) is 3.49. The Bertz CT molecular complexity index is 1650. The van der Waals surface area contributed by atoms with Gasteiger partial charge in [-0.25, -0.2) is 23.7 Å². The Balaban J connectivity index is 1.19. The van der Waals surface area contributed by atoms with Gasteiger partial charge in [-0.15, -0.1) is 11.3 Å². The van der Waals surface area contributed by atoms with Crippen molar-refractivity contribution in [2.75, 3.05) is 11.1 Å². The zero-order valence-electron chi connectivity index (χ0n) is 20.2. The number of amides is 1. The molecule has 190 valence electrons. The van der Waals surface area contributed by atoms with Crippen LogP contribution in [0.3, 0.4) is 0 Å². The predicted molar refractivity (Wildman–Crippen MR) is 144 cm³/mol. The number of carbonyl (C=O) groups excluding carboxylic acids is 1. The molecule has 7 nitrogen and oxygen atoms in total. The molecule has 0 radical (unpaired) electrons. The summed E-state index contributed by atoms with van der Waals surface area (Å²) in [6.07, 6.45) is 6.87. The number of allylic oxidation sites excluding steroid dienone is 1. The molecule has 0 atom stereocenters. The van der Waals surface area contributed by atoms with Gasteiger partial charge in [-0.1, -0.05) is 12.6 Å². The van der Waals surface area contributed by atoms with Gasteiger partial charge in [0.05, 0.1) is 24.3 Å². The van der Waals surface area contributed by atoms with Crippen LogP contribution in [0.2, 0.25) is 0 Å². The second kappa shape index (κ2) is 9.46. The Morgan fingerprint density at radius 1 is 1.08 bits per heavy atom. The number of carbonyl (C=O) groups is 1. The van der Waals surface area contributed by atoms with E-state index >= 15 is 0 Å². The molecule has 1 amide bonds. The van der Waals surface area contributed by atoms with Crippen molar-refractivity contribution < 1.29 is 13.6 Å². The zero-order chi connectivity index (χ0) is 26.4. The summed E-state index contributed by atoms with van der Waals surface area (Å²) in [7, 11) is 0. The number of hydrogen-bond donors (Lipinski definition) is 2. The van der Waals surface area contributed by atoms with Gasteiger partial charge in [0.1, 0.15) is 18.0 Å². The van der Waals surface area contributed by atoms with Crippen molar-refractivity contribution >= 4 is 46.2 Å². The van der Waals surface area contributed by atoms with Crippen LogP contribution in [-0.2, 0) is 19.5 Å². The topological polar surface area (TPSA) is 97.0 Å². The lowest BCUT2D eigenvalue weighted by atomic mass is 9.95. The minimum absolute atomic E-state index is 0.0745. The summed E-state index contributed by atoms with van der Waals surface area (Å²) in [6.45, 7) is 4.61. The number of nitrogens with zero attached hydrogens (tertiary/aromatic N) is 4. The summed E-state index contributed by atoms with van der Waals surface area (Å²) in [5, 5.41) is 3.30. The highest BCUT2D eigenvalue weighted by atomic mass is 32.1.